The molecule has 2 N–H and O–H groups in total. The standard InChI is InChI=1S/C14H15BrClNS2/c1-2-12(17)14(13-6-9(15)8-18-13)19-11-5-3-4-10(16)7-11/h3-8,12,14H,2,17H2,1H3. The van der Waals surface area contributed by atoms with Crippen LogP contribution < -0.4 is 5.73 Å². The zero-order valence-electron chi connectivity index (χ0n) is 10.5. The third kappa shape index (κ3) is 4.23. The van der Waals surface area contributed by atoms with Crippen LogP contribution in [-0.4, -0.2) is 6.04 Å². The molecule has 0 aliphatic carbocycles. The Morgan fingerprint density at radius 1 is 1.42 bits per heavy atom. The molecular weight excluding hydrogens is 362 g/mol. The van der Waals surface area contributed by atoms with Gasteiger partial charge in [0.05, 0.1) is 5.25 Å². The van der Waals surface area contributed by atoms with Crippen LogP contribution in [0.25, 0.3) is 0 Å². The van der Waals surface area contributed by atoms with E-state index in [1.807, 2.05) is 18.2 Å². The number of rotatable bonds is 5. The van der Waals surface area contributed by atoms with Gasteiger partial charge in [-0.25, -0.2) is 0 Å². The summed E-state index contributed by atoms with van der Waals surface area (Å²) in [5.41, 5.74) is 6.28. The third-order valence-corrected chi connectivity index (χ3v) is 6.33. The van der Waals surface area contributed by atoms with Gasteiger partial charge in [0, 0.05) is 30.7 Å². The Balaban J connectivity index is 2.24. The smallest absolute Gasteiger partial charge is 0.0589 e. The Morgan fingerprint density at radius 2 is 2.21 bits per heavy atom. The number of hydrogen-bond acceptors (Lipinski definition) is 3. The van der Waals surface area contributed by atoms with Crippen LogP contribution in [0.3, 0.4) is 0 Å². The van der Waals surface area contributed by atoms with Gasteiger partial charge in [0.15, 0.2) is 0 Å². The van der Waals surface area contributed by atoms with Crippen molar-refractivity contribution in [3.63, 3.8) is 0 Å². The molecule has 0 spiro atoms. The van der Waals surface area contributed by atoms with Crippen LogP contribution in [0.5, 0.6) is 0 Å². The van der Waals surface area contributed by atoms with Crippen LogP contribution >= 0.6 is 50.6 Å². The van der Waals surface area contributed by atoms with E-state index in [-0.39, 0.29) is 11.3 Å². The second-order valence-electron chi connectivity index (χ2n) is 4.24. The van der Waals surface area contributed by atoms with Crippen LogP contribution in [-0.2, 0) is 0 Å². The molecule has 1 aromatic carbocycles. The molecular formula is C14H15BrClNS2. The summed E-state index contributed by atoms with van der Waals surface area (Å²) in [6.07, 6.45) is 0.952. The zero-order valence-corrected chi connectivity index (χ0v) is 14.5. The summed E-state index contributed by atoms with van der Waals surface area (Å²) >= 11 is 13.1. The number of hydrogen-bond donors (Lipinski definition) is 1. The fraction of sp³-hybridized carbons (Fsp3) is 0.286. The maximum absolute atomic E-state index is 6.28. The molecule has 0 saturated carbocycles. The van der Waals surface area contributed by atoms with Crippen molar-refractivity contribution in [2.24, 2.45) is 5.73 Å². The van der Waals surface area contributed by atoms with E-state index in [9.17, 15) is 0 Å². The van der Waals surface area contributed by atoms with Crippen molar-refractivity contribution in [3.05, 3.63) is 50.1 Å². The van der Waals surface area contributed by atoms with Gasteiger partial charge in [-0.05, 0) is 46.6 Å². The Labute approximate surface area is 135 Å². The van der Waals surface area contributed by atoms with E-state index < -0.39 is 0 Å². The fourth-order valence-corrected chi connectivity index (χ4v) is 5.00. The SMILES string of the molecule is CCC(N)C(Sc1cccc(Cl)c1)c1cc(Br)cs1. The van der Waals surface area contributed by atoms with E-state index in [0.29, 0.717) is 0 Å². The highest BCUT2D eigenvalue weighted by atomic mass is 79.9. The molecule has 19 heavy (non-hydrogen) atoms. The van der Waals surface area contributed by atoms with Gasteiger partial charge in [0.2, 0.25) is 0 Å². The molecule has 0 aliphatic heterocycles. The number of halogens is 2. The summed E-state index contributed by atoms with van der Waals surface area (Å²) in [7, 11) is 0. The largest absolute Gasteiger partial charge is 0.326 e. The number of thioether (sulfide) groups is 1. The lowest BCUT2D eigenvalue weighted by molar-refractivity contribution is 0.640. The van der Waals surface area contributed by atoms with E-state index in [1.54, 1.807) is 23.1 Å². The van der Waals surface area contributed by atoms with Crippen molar-refractivity contribution in [1.82, 2.24) is 0 Å². The van der Waals surface area contributed by atoms with Gasteiger partial charge in [-0.1, -0.05) is 24.6 Å². The van der Waals surface area contributed by atoms with Gasteiger partial charge in [-0.15, -0.1) is 23.1 Å². The minimum atomic E-state index is 0.134. The first-order valence-corrected chi connectivity index (χ1v) is 8.95. The Morgan fingerprint density at radius 3 is 2.79 bits per heavy atom. The fourth-order valence-electron chi connectivity index (χ4n) is 1.73. The highest BCUT2D eigenvalue weighted by molar-refractivity contribution is 9.10. The minimum absolute atomic E-state index is 0.134. The summed E-state index contributed by atoms with van der Waals surface area (Å²) in [5.74, 6) is 0. The minimum Gasteiger partial charge on any atom is -0.326 e. The third-order valence-electron chi connectivity index (χ3n) is 2.79. The average Bonchev–Trinajstić information content (AvgIpc) is 2.81. The molecule has 5 heteroatoms. The molecule has 0 amide bonds. The predicted octanol–water partition coefficient (Wildman–Crippen LogP) is 5.73. The summed E-state index contributed by atoms with van der Waals surface area (Å²) < 4.78 is 1.12. The number of nitrogens with two attached hydrogens (primary N) is 1. The van der Waals surface area contributed by atoms with Crippen molar-refractivity contribution in [2.45, 2.75) is 29.5 Å². The molecule has 2 atom stereocenters. The second kappa shape index (κ2) is 7.14. The van der Waals surface area contributed by atoms with Crippen LogP contribution in [0, 0.1) is 0 Å². The summed E-state index contributed by atoms with van der Waals surface area (Å²) in [6.45, 7) is 2.12. The topological polar surface area (TPSA) is 26.0 Å². The molecule has 2 rings (SSSR count). The van der Waals surface area contributed by atoms with Crippen molar-refractivity contribution in [1.29, 1.82) is 0 Å². The van der Waals surface area contributed by atoms with E-state index in [0.717, 1.165) is 20.8 Å². The molecule has 1 heterocycles. The normalized spacial score (nSPS) is 14.3. The summed E-state index contributed by atoms with van der Waals surface area (Å²) in [6, 6.07) is 10.2. The summed E-state index contributed by atoms with van der Waals surface area (Å²) in [4.78, 5) is 2.46. The zero-order chi connectivity index (χ0) is 13.8. The van der Waals surface area contributed by atoms with Crippen LogP contribution in [0.2, 0.25) is 5.02 Å². The van der Waals surface area contributed by atoms with E-state index in [4.69, 9.17) is 17.3 Å². The first-order valence-electron chi connectivity index (χ1n) is 6.02. The quantitative estimate of drug-likeness (QED) is 0.674. The Bertz CT molecular complexity index is 544. The van der Waals surface area contributed by atoms with Crippen LogP contribution in [0.15, 0.2) is 45.1 Å². The van der Waals surface area contributed by atoms with Crippen molar-refractivity contribution >= 4 is 50.6 Å². The molecule has 0 saturated heterocycles. The average molecular weight is 377 g/mol. The van der Waals surface area contributed by atoms with E-state index >= 15 is 0 Å². The number of thiophene rings is 1. The lowest BCUT2D eigenvalue weighted by Crippen LogP contribution is -2.25. The molecule has 0 aliphatic rings. The van der Waals surface area contributed by atoms with Gasteiger partial charge < -0.3 is 5.73 Å². The molecule has 2 unspecified atom stereocenters. The Hall–Kier alpha value is -0.0000000000000000833. The molecule has 102 valence electrons. The molecule has 2 aromatic rings. The van der Waals surface area contributed by atoms with Crippen LogP contribution in [0.1, 0.15) is 23.5 Å². The van der Waals surface area contributed by atoms with Gasteiger partial charge >= 0.3 is 0 Å². The summed E-state index contributed by atoms with van der Waals surface area (Å²) in [5, 5.41) is 3.13. The Kier molecular flexibility index (Phi) is 5.78. The first-order chi connectivity index (χ1) is 9.10. The van der Waals surface area contributed by atoms with Crippen molar-refractivity contribution in [2.75, 3.05) is 0 Å². The van der Waals surface area contributed by atoms with Gasteiger partial charge in [-0.2, -0.15) is 0 Å². The van der Waals surface area contributed by atoms with Gasteiger partial charge in [0.1, 0.15) is 0 Å². The second-order valence-corrected chi connectivity index (χ2v) is 7.75. The molecule has 0 bridgehead atoms. The highest BCUT2D eigenvalue weighted by Crippen LogP contribution is 2.41. The maximum atomic E-state index is 6.28. The van der Waals surface area contributed by atoms with Gasteiger partial charge in [0.25, 0.3) is 0 Å². The van der Waals surface area contributed by atoms with Crippen molar-refractivity contribution < 1.29 is 0 Å². The maximum Gasteiger partial charge on any atom is 0.0589 e. The monoisotopic (exact) mass is 375 g/mol. The lowest BCUT2D eigenvalue weighted by Gasteiger charge is -2.21. The predicted molar refractivity (Wildman–Crippen MR) is 90.3 cm³/mol. The highest BCUT2D eigenvalue weighted by Gasteiger charge is 2.21. The van der Waals surface area contributed by atoms with Crippen LogP contribution in [0.4, 0.5) is 0 Å². The number of benzene rings is 1. The molecule has 0 fully saturated rings. The van der Waals surface area contributed by atoms with E-state index in [1.165, 1.54) is 4.88 Å². The first kappa shape index (κ1) is 15.4. The van der Waals surface area contributed by atoms with E-state index in [2.05, 4.69) is 40.4 Å². The molecule has 1 nitrogen and oxygen atoms in total. The van der Waals surface area contributed by atoms with Crippen molar-refractivity contribution in [3.8, 4) is 0 Å². The van der Waals surface area contributed by atoms with Gasteiger partial charge in [-0.3, -0.25) is 0 Å². The lowest BCUT2D eigenvalue weighted by atomic mass is 10.1. The molecule has 0 radical (unpaired) electrons. The molecule has 1 aromatic heterocycles.